The van der Waals surface area contributed by atoms with Gasteiger partial charge in [-0.1, -0.05) is 91.0 Å². The van der Waals surface area contributed by atoms with E-state index in [9.17, 15) is 4.79 Å². The van der Waals surface area contributed by atoms with Crippen molar-refractivity contribution in [3.8, 4) is 11.3 Å². The molecule has 0 aliphatic rings. The topological polar surface area (TPSA) is 37.6 Å². The van der Waals surface area contributed by atoms with Gasteiger partial charge in [0.15, 0.2) is 4.96 Å². The lowest BCUT2D eigenvalue weighted by atomic mass is 10.1. The average molecular weight is 488 g/mol. The average Bonchev–Trinajstić information content (AvgIpc) is 3.53. The Kier molecular flexibility index (Phi) is 6.06. The first-order valence-corrected chi connectivity index (χ1v) is 13.0. The van der Waals surface area contributed by atoms with Gasteiger partial charge in [-0.15, -0.1) is 11.3 Å². The molecule has 0 aliphatic carbocycles. The monoisotopic (exact) mass is 487 g/mol. The Balaban J connectivity index is 1.27. The van der Waals surface area contributed by atoms with Crippen molar-refractivity contribution in [2.45, 2.75) is 13.0 Å². The highest BCUT2D eigenvalue weighted by Crippen LogP contribution is 2.24. The summed E-state index contributed by atoms with van der Waals surface area (Å²) in [7, 11) is 0. The molecule has 6 rings (SSSR count). The molecule has 6 aromatic rings. The molecule has 2 aromatic heterocycles. The number of aromatic nitrogens is 2. The van der Waals surface area contributed by atoms with E-state index in [-0.39, 0.29) is 5.91 Å². The zero-order chi connectivity index (χ0) is 24.3. The molecule has 176 valence electrons. The van der Waals surface area contributed by atoms with Crippen molar-refractivity contribution in [3.05, 3.63) is 132 Å². The molecule has 0 spiro atoms. The van der Waals surface area contributed by atoms with Crippen LogP contribution in [0.15, 0.2) is 115 Å². The highest BCUT2D eigenvalue weighted by molar-refractivity contribution is 7.15. The fraction of sp³-hybridized carbons (Fsp3) is 0.0968. The maximum absolute atomic E-state index is 13.7. The van der Waals surface area contributed by atoms with Crippen LogP contribution in [0.4, 0.5) is 0 Å². The number of benzene rings is 4. The van der Waals surface area contributed by atoms with Crippen molar-refractivity contribution in [1.82, 2.24) is 14.3 Å². The van der Waals surface area contributed by atoms with E-state index < -0.39 is 0 Å². The summed E-state index contributed by atoms with van der Waals surface area (Å²) in [6, 6.07) is 34.6. The molecule has 0 radical (unpaired) electrons. The quantitative estimate of drug-likeness (QED) is 0.241. The van der Waals surface area contributed by atoms with Crippen LogP contribution >= 0.6 is 11.3 Å². The zero-order valence-electron chi connectivity index (χ0n) is 19.7. The Morgan fingerprint density at radius 2 is 1.56 bits per heavy atom. The lowest BCUT2D eigenvalue weighted by Crippen LogP contribution is -2.32. The molecule has 0 fully saturated rings. The van der Waals surface area contributed by atoms with Crippen LogP contribution in [0.5, 0.6) is 0 Å². The van der Waals surface area contributed by atoms with Gasteiger partial charge in [0, 0.05) is 47.9 Å². The first kappa shape index (κ1) is 22.3. The summed E-state index contributed by atoms with van der Waals surface area (Å²) in [6.07, 6.45) is 2.85. The standard InChI is InChI=1S/C31H25N3OS/c35-30(27-16-15-24-11-7-8-14-26(24)19-27)33(20-23-9-3-1-4-10-23)18-17-28-22-36-31-32-29(21-34(28)31)25-12-5-2-6-13-25/h1-16,19,21-22H,17-18,20H2. The third-order valence-electron chi connectivity index (χ3n) is 6.49. The number of nitrogens with zero attached hydrogens (tertiary/aromatic N) is 3. The zero-order valence-corrected chi connectivity index (χ0v) is 20.6. The molecule has 0 aliphatic heterocycles. The Labute approximate surface area is 214 Å². The molecule has 36 heavy (non-hydrogen) atoms. The molecule has 0 atom stereocenters. The van der Waals surface area contributed by atoms with Crippen LogP contribution in [0.25, 0.3) is 27.0 Å². The van der Waals surface area contributed by atoms with E-state index in [1.807, 2.05) is 71.6 Å². The minimum atomic E-state index is 0.0479. The van der Waals surface area contributed by atoms with E-state index in [4.69, 9.17) is 4.98 Å². The van der Waals surface area contributed by atoms with E-state index in [0.29, 0.717) is 18.7 Å². The lowest BCUT2D eigenvalue weighted by Gasteiger charge is -2.23. The van der Waals surface area contributed by atoms with Crippen molar-refractivity contribution in [3.63, 3.8) is 0 Å². The smallest absolute Gasteiger partial charge is 0.254 e. The number of hydrogen-bond acceptors (Lipinski definition) is 3. The number of fused-ring (bicyclic) bond motifs is 2. The number of imidazole rings is 1. The van der Waals surface area contributed by atoms with Crippen molar-refractivity contribution < 1.29 is 4.79 Å². The highest BCUT2D eigenvalue weighted by atomic mass is 32.1. The third kappa shape index (κ3) is 4.53. The Morgan fingerprint density at radius 3 is 2.36 bits per heavy atom. The van der Waals surface area contributed by atoms with Gasteiger partial charge in [-0.3, -0.25) is 9.20 Å². The molecule has 0 bridgehead atoms. The number of amides is 1. The minimum Gasteiger partial charge on any atom is -0.334 e. The molecule has 4 nitrogen and oxygen atoms in total. The summed E-state index contributed by atoms with van der Waals surface area (Å²) >= 11 is 1.64. The predicted molar refractivity (Wildman–Crippen MR) is 147 cm³/mol. The van der Waals surface area contributed by atoms with E-state index in [2.05, 4.69) is 52.4 Å². The fourth-order valence-corrected chi connectivity index (χ4v) is 5.48. The van der Waals surface area contributed by atoms with Gasteiger partial charge in [0.2, 0.25) is 0 Å². The number of thiazole rings is 1. The van der Waals surface area contributed by atoms with Gasteiger partial charge in [-0.2, -0.15) is 0 Å². The molecule has 0 unspecified atom stereocenters. The highest BCUT2D eigenvalue weighted by Gasteiger charge is 2.18. The first-order valence-electron chi connectivity index (χ1n) is 12.1. The van der Waals surface area contributed by atoms with Crippen LogP contribution in [-0.2, 0) is 13.0 Å². The Hall–Kier alpha value is -4.22. The number of carbonyl (C=O) groups is 1. The largest absolute Gasteiger partial charge is 0.334 e. The third-order valence-corrected chi connectivity index (χ3v) is 7.38. The SMILES string of the molecule is O=C(c1ccc2ccccc2c1)N(CCc1csc2nc(-c3ccccc3)cn12)Cc1ccccc1. The maximum atomic E-state index is 13.7. The second-order valence-corrected chi connectivity index (χ2v) is 9.73. The molecule has 0 saturated carbocycles. The first-order chi connectivity index (χ1) is 17.7. The molecule has 2 heterocycles. The summed E-state index contributed by atoms with van der Waals surface area (Å²) in [5, 5.41) is 4.37. The second kappa shape index (κ2) is 9.80. The second-order valence-electron chi connectivity index (χ2n) is 8.90. The van der Waals surface area contributed by atoms with E-state index >= 15 is 0 Å². The summed E-state index contributed by atoms with van der Waals surface area (Å²) in [4.78, 5) is 21.5. The van der Waals surface area contributed by atoms with Crippen molar-refractivity contribution in [1.29, 1.82) is 0 Å². The molecule has 0 N–H and O–H groups in total. The molecule has 4 aromatic carbocycles. The number of rotatable bonds is 7. The van der Waals surface area contributed by atoms with Crippen LogP contribution in [0.1, 0.15) is 21.6 Å². The van der Waals surface area contributed by atoms with Gasteiger partial charge in [0.05, 0.1) is 5.69 Å². The van der Waals surface area contributed by atoms with Gasteiger partial charge in [0.25, 0.3) is 5.91 Å². The number of carbonyl (C=O) groups excluding carboxylic acids is 1. The van der Waals surface area contributed by atoms with Crippen LogP contribution in [0, 0.1) is 0 Å². The van der Waals surface area contributed by atoms with E-state index in [1.165, 1.54) is 0 Å². The molecule has 5 heteroatoms. The molecular formula is C31H25N3OS. The van der Waals surface area contributed by atoms with Crippen molar-refractivity contribution in [2.24, 2.45) is 0 Å². The van der Waals surface area contributed by atoms with Crippen LogP contribution in [-0.4, -0.2) is 26.7 Å². The van der Waals surface area contributed by atoms with E-state index in [0.717, 1.165) is 44.7 Å². The van der Waals surface area contributed by atoms with Crippen LogP contribution < -0.4 is 0 Å². The number of hydrogen-bond donors (Lipinski definition) is 0. The fourth-order valence-electron chi connectivity index (χ4n) is 4.57. The Bertz CT molecular complexity index is 1640. The van der Waals surface area contributed by atoms with Gasteiger partial charge >= 0.3 is 0 Å². The molecule has 0 saturated heterocycles. The van der Waals surface area contributed by atoms with Crippen LogP contribution in [0.2, 0.25) is 0 Å². The minimum absolute atomic E-state index is 0.0479. The van der Waals surface area contributed by atoms with Gasteiger partial charge < -0.3 is 4.90 Å². The Morgan fingerprint density at radius 1 is 0.833 bits per heavy atom. The molecule has 1 amide bonds. The summed E-state index contributed by atoms with van der Waals surface area (Å²) in [6.45, 7) is 1.18. The van der Waals surface area contributed by atoms with Gasteiger partial charge in [-0.25, -0.2) is 4.98 Å². The van der Waals surface area contributed by atoms with Gasteiger partial charge in [-0.05, 0) is 28.5 Å². The molecular weight excluding hydrogens is 462 g/mol. The maximum Gasteiger partial charge on any atom is 0.254 e. The van der Waals surface area contributed by atoms with Crippen LogP contribution in [0.3, 0.4) is 0 Å². The lowest BCUT2D eigenvalue weighted by molar-refractivity contribution is 0.0745. The van der Waals surface area contributed by atoms with Gasteiger partial charge in [0.1, 0.15) is 0 Å². The summed E-state index contributed by atoms with van der Waals surface area (Å²) < 4.78 is 2.16. The van der Waals surface area contributed by atoms with Crippen molar-refractivity contribution in [2.75, 3.05) is 6.54 Å². The summed E-state index contributed by atoms with van der Waals surface area (Å²) in [5.74, 6) is 0.0479. The predicted octanol–water partition coefficient (Wildman–Crippen LogP) is 7.10. The van der Waals surface area contributed by atoms with E-state index in [1.54, 1.807) is 11.3 Å². The van der Waals surface area contributed by atoms with Crippen molar-refractivity contribution >= 4 is 33.0 Å². The summed E-state index contributed by atoms with van der Waals surface area (Å²) in [5.41, 5.74) is 5.08. The normalized spacial score (nSPS) is 11.2.